The van der Waals surface area contributed by atoms with Crippen LogP contribution < -0.4 is 5.43 Å². The second kappa shape index (κ2) is 14.3. The largest absolute Gasteiger partial charge is 0.462 e. The van der Waals surface area contributed by atoms with Crippen molar-refractivity contribution >= 4 is 17.4 Å². The van der Waals surface area contributed by atoms with E-state index in [0.29, 0.717) is 25.9 Å². The molecule has 0 radical (unpaired) electrons. The SMILES string of the molecule is CCCCOC(=O)/C(=C/NN(CCCC)CCCC)C(=O)c1c(F)c(C)c(F)c(F)c1[N+](=O)[O-]. The molecular weight excluding hydrogens is 455 g/mol. The second-order valence-corrected chi connectivity index (χ2v) is 7.75. The lowest BCUT2D eigenvalue weighted by molar-refractivity contribution is -0.388. The first-order valence-electron chi connectivity index (χ1n) is 11.4. The highest BCUT2D eigenvalue weighted by Crippen LogP contribution is 2.32. The van der Waals surface area contributed by atoms with E-state index in [4.69, 9.17) is 4.74 Å². The Labute approximate surface area is 197 Å². The quantitative estimate of drug-likeness (QED) is 0.0421. The van der Waals surface area contributed by atoms with Gasteiger partial charge in [-0.1, -0.05) is 40.0 Å². The normalized spacial score (nSPS) is 11.6. The molecule has 0 heterocycles. The highest BCUT2D eigenvalue weighted by Gasteiger charge is 2.37. The molecule has 0 amide bonds. The van der Waals surface area contributed by atoms with Crippen LogP contribution in [0.15, 0.2) is 11.8 Å². The van der Waals surface area contributed by atoms with Gasteiger partial charge < -0.3 is 10.2 Å². The molecule has 0 spiro atoms. The van der Waals surface area contributed by atoms with Gasteiger partial charge in [-0.25, -0.2) is 18.6 Å². The summed E-state index contributed by atoms with van der Waals surface area (Å²) in [6, 6.07) is 0. The Balaban J connectivity index is 3.53. The number of hydrogen-bond acceptors (Lipinski definition) is 7. The van der Waals surface area contributed by atoms with Gasteiger partial charge >= 0.3 is 11.7 Å². The number of halogens is 3. The molecule has 0 aliphatic carbocycles. The number of nitro benzene ring substituents is 1. The van der Waals surface area contributed by atoms with Crippen LogP contribution in [0.3, 0.4) is 0 Å². The highest BCUT2D eigenvalue weighted by atomic mass is 19.2. The van der Waals surface area contributed by atoms with Gasteiger partial charge in [0.2, 0.25) is 11.6 Å². The number of Topliss-reactive ketones (excluding diaryl/α,β-unsaturated/α-hetero) is 1. The standard InChI is InChI=1S/C23H32F3N3O5/c1-5-8-11-28(12-9-6-2)27-14-16(23(31)34-13-10-7-3)22(30)17-18(24)15(4)19(25)20(26)21(17)29(32)33/h14,27H,5-13H2,1-4H3/b16-14+. The topological polar surface area (TPSA) is 102 Å². The second-order valence-electron chi connectivity index (χ2n) is 7.75. The van der Waals surface area contributed by atoms with Crippen molar-refractivity contribution in [3.05, 3.63) is 50.5 Å². The van der Waals surface area contributed by atoms with E-state index in [1.54, 1.807) is 5.01 Å². The van der Waals surface area contributed by atoms with Crippen molar-refractivity contribution in [3.8, 4) is 0 Å². The van der Waals surface area contributed by atoms with E-state index in [0.717, 1.165) is 38.8 Å². The molecule has 0 aromatic heterocycles. The van der Waals surface area contributed by atoms with Crippen LogP contribution in [0.4, 0.5) is 18.9 Å². The third kappa shape index (κ3) is 7.54. The molecule has 1 N–H and O–H groups in total. The van der Waals surface area contributed by atoms with Crippen LogP contribution in [0.5, 0.6) is 0 Å². The summed E-state index contributed by atoms with van der Waals surface area (Å²) in [5, 5.41) is 13.1. The van der Waals surface area contributed by atoms with Crippen molar-refractivity contribution < 1.29 is 32.4 Å². The summed E-state index contributed by atoms with van der Waals surface area (Å²) in [6.45, 7) is 7.75. The predicted molar refractivity (Wildman–Crippen MR) is 121 cm³/mol. The molecule has 0 atom stereocenters. The van der Waals surface area contributed by atoms with Crippen LogP contribution in [0, 0.1) is 34.5 Å². The van der Waals surface area contributed by atoms with Gasteiger partial charge in [0.05, 0.1) is 11.5 Å². The maximum Gasteiger partial charge on any atom is 0.343 e. The van der Waals surface area contributed by atoms with Crippen molar-refractivity contribution in [3.63, 3.8) is 0 Å². The monoisotopic (exact) mass is 487 g/mol. The molecule has 0 aliphatic heterocycles. The van der Waals surface area contributed by atoms with Gasteiger partial charge in [-0.05, 0) is 26.2 Å². The van der Waals surface area contributed by atoms with Gasteiger partial charge in [-0.15, -0.1) is 0 Å². The molecule has 1 aromatic rings. The Morgan fingerprint density at radius 1 is 1.00 bits per heavy atom. The van der Waals surface area contributed by atoms with Gasteiger partial charge in [-0.2, -0.15) is 4.39 Å². The first-order chi connectivity index (χ1) is 16.1. The number of carbonyl (C=O) groups excluding carboxylic acids is 2. The van der Waals surface area contributed by atoms with Crippen molar-refractivity contribution in [2.24, 2.45) is 0 Å². The van der Waals surface area contributed by atoms with Crippen LogP contribution >= 0.6 is 0 Å². The van der Waals surface area contributed by atoms with Gasteiger partial charge in [0.15, 0.2) is 5.82 Å². The summed E-state index contributed by atoms with van der Waals surface area (Å²) in [6.07, 6.45) is 5.51. The number of nitro groups is 1. The first-order valence-corrected chi connectivity index (χ1v) is 11.4. The summed E-state index contributed by atoms with van der Waals surface area (Å²) in [4.78, 5) is 35.8. The number of carbonyl (C=O) groups is 2. The van der Waals surface area contributed by atoms with E-state index in [2.05, 4.69) is 5.43 Å². The number of ether oxygens (including phenoxy) is 1. The number of unbranched alkanes of at least 4 members (excludes halogenated alkanes) is 3. The third-order valence-corrected chi connectivity index (χ3v) is 5.08. The van der Waals surface area contributed by atoms with Gasteiger partial charge in [0, 0.05) is 24.9 Å². The molecule has 34 heavy (non-hydrogen) atoms. The third-order valence-electron chi connectivity index (χ3n) is 5.08. The number of ketones is 1. The maximum atomic E-state index is 14.8. The van der Waals surface area contributed by atoms with Crippen molar-refractivity contribution in [1.82, 2.24) is 10.4 Å². The van der Waals surface area contributed by atoms with Crippen LogP contribution in [0.2, 0.25) is 0 Å². The highest BCUT2D eigenvalue weighted by molar-refractivity contribution is 6.25. The average molecular weight is 488 g/mol. The molecule has 1 aromatic carbocycles. The fraction of sp³-hybridized carbons (Fsp3) is 0.565. The maximum absolute atomic E-state index is 14.8. The molecular formula is C23H32F3N3O5. The molecule has 0 aliphatic rings. The zero-order chi connectivity index (χ0) is 25.8. The minimum atomic E-state index is -1.98. The Hall–Kier alpha value is -2.95. The van der Waals surface area contributed by atoms with Gasteiger partial charge in [-0.3, -0.25) is 14.9 Å². The lowest BCUT2D eigenvalue weighted by atomic mass is 9.98. The molecule has 0 saturated heterocycles. The van der Waals surface area contributed by atoms with Crippen LogP contribution in [0.1, 0.15) is 75.2 Å². The molecule has 0 bridgehead atoms. The molecule has 0 saturated carbocycles. The lowest BCUT2D eigenvalue weighted by Gasteiger charge is -2.22. The molecule has 8 nitrogen and oxygen atoms in total. The lowest BCUT2D eigenvalue weighted by Crippen LogP contribution is -2.37. The predicted octanol–water partition coefficient (Wildman–Crippen LogP) is 5.14. The fourth-order valence-corrected chi connectivity index (χ4v) is 2.98. The number of hydrazine groups is 1. The number of benzene rings is 1. The number of nitrogens with zero attached hydrogens (tertiary/aromatic N) is 2. The minimum absolute atomic E-state index is 0.0449. The summed E-state index contributed by atoms with van der Waals surface area (Å²) >= 11 is 0. The van der Waals surface area contributed by atoms with Crippen LogP contribution in [-0.2, 0) is 9.53 Å². The zero-order valence-corrected chi connectivity index (χ0v) is 20.0. The molecule has 11 heteroatoms. The van der Waals surface area contributed by atoms with E-state index in [-0.39, 0.29) is 6.61 Å². The summed E-state index contributed by atoms with van der Waals surface area (Å²) in [5.41, 5.74) is -1.88. The summed E-state index contributed by atoms with van der Waals surface area (Å²) < 4.78 is 48.2. The number of rotatable bonds is 15. The van der Waals surface area contributed by atoms with E-state index < -0.39 is 56.5 Å². The zero-order valence-electron chi connectivity index (χ0n) is 20.0. The fourth-order valence-electron chi connectivity index (χ4n) is 2.98. The number of esters is 1. The Morgan fingerprint density at radius 2 is 1.56 bits per heavy atom. The molecule has 0 fully saturated rings. The average Bonchev–Trinajstić information content (AvgIpc) is 2.80. The molecule has 1 rings (SSSR count). The number of hydrogen-bond donors (Lipinski definition) is 1. The molecule has 190 valence electrons. The molecule has 0 unspecified atom stereocenters. The van der Waals surface area contributed by atoms with Gasteiger partial charge in [0.1, 0.15) is 17.0 Å². The van der Waals surface area contributed by atoms with Crippen LogP contribution in [0.25, 0.3) is 0 Å². The Bertz CT molecular complexity index is 914. The smallest absolute Gasteiger partial charge is 0.343 e. The van der Waals surface area contributed by atoms with E-state index in [9.17, 15) is 32.9 Å². The van der Waals surface area contributed by atoms with Crippen molar-refractivity contribution in [2.75, 3.05) is 19.7 Å². The van der Waals surface area contributed by atoms with E-state index in [1.165, 1.54) is 0 Å². The van der Waals surface area contributed by atoms with Crippen LogP contribution in [-0.4, -0.2) is 41.4 Å². The summed E-state index contributed by atoms with van der Waals surface area (Å²) in [7, 11) is 0. The van der Waals surface area contributed by atoms with Gasteiger partial charge in [0.25, 0.3) is 0 Å². The minimum Gasteiger partial charge on any atom is -0.462 e. The first kappa shape index (κ1) is 29.1. The summed E-state index contributed by atoms with van der Waals surface area (Å²) in [5.74, 6) is -8.01. The van der Waals surface area contributed by atoms with Crippen molar-refractivity contribution in [2.45, 2.75) is 66.2 Å². The Morgan fingerprint density at radius 3 is 2.06 bits per heavy atom. The van der Waals surface area contributed by atoms with E-state index >= 15 is 0 Å². The van der Waals surface area contributed by atoms with Crippen molar-refractivity contribution in [1.29, 1.82) is 0 Å². The van der Waals surface area contributed by atoms with E-state index in [1.807, 2.05) is 20.8 Å². The Kier molecular flexibility index (Phi) is 12.3. The number of nitrogens with one attached hydrogen (secondary N) is 1.